The predicted molar refractivity (Wildman–Crippen MR) is 71.4 cm³/mol. The summed E-state index contributed by atoms with van der Waals surface area (Å²) in [6, 6.07) is 6.35. The van der Waals surface area contributed by atoms with Crippen molar-refractivity contribution < 1.29 is 0 Å². The van der Waals surface area contributed by atoms with Crippen LogP contribution in [0.25, 0.3) is 0 Å². The van der Waals surface area contributed by atoms with E-state index in [-0.39, 0.29) is 0 Å². The molecule has 0 fully saturated rings. The van der Waals surface area contributed by atoms with Crippen molar-refractivity contribution in [3.05, 3.63) is 27.3 Å². The molecule has 0 heterocycles. The van der Waals surface area contributed by atoms with E-state index in [4.69, 9.17) is 5.73 Å². The molecule has 0 radical (unpaired) electrons. The van der Waals surface area contributed by atoms with Gasteiger partial charge in [0.25, 0.3) is 0 Å². The molecule has 1 aromatic carbocycles. The third-order valence-electron chi connectivity index (χ3n) is 2.42. The van der Waals surface area contributed by atoms with E-state index in [1.807, 2.05) is 6.07 Å². The van der Waals surface area contributed by atoms with Crippen molar-refractivity contribution in [2.24, 2.45) is 5.92 Å². The van der Waals surface area contributed by atoms with Crippen LogP contribution >= 0.6 is 22.6 Å². The fourth-order valence-corrected chi connectivity index (χ4v) is 2.23. The Morgan fingerprint density at radius 3 is 2.43 bits per heavy atom. The van der Waals surface area contributed by atoms with Crippen molar-refractivity contribution in [3.63, 3.8) is 0 Å². The summed E-state index contributed by atoms with van der Waals surface area (Å²) in [7, 11) is 0. The van der Waals surface area contributed by atoms with Crippen molar-refractivity contribution in [3.8, 4) is 0 Å². The Hall–Kier alpha value is -0.250. The predicted octanol–water partition coefficient (Wildman–Crippen LogP) is 4.02. The molecule has 1 unspecified atom stereocenters. The fraction of sp³-hybridized carbons (Fsp3) is 0.500. The maximum atomic E-state index is 5.78. The SMILES string of the molecule is CC(C)CC(C)c1ccc(N)c(I)c1. The van der Waals surface area contributed by atoms with Gasteiger partial charge in [0.05, 0.1) is 0 Å². The van der Waals surface area contributed by atoms with E-state index in [1.54, 1.807) is 0 Å². The third-order valence-corrected chi connectivity index (χ3v) is 3.35. The maximum Gasteiger partial charge on any atom is 0.0449 e. The van der Waals surface area contributed by atoms with Crippen LogP contribution in [0.15, 0.2) is 18.2 Å². The Kier molecular flexibility index (Phi) is 4.23. The van der Waals surface area contributed by atoms with Gasteiger partial charge in [0.2, 0.25) is 0 Å². The summed E-state index contributed by atoms with van der Waals surface area (Å²) in [5.74, 6) is 1.38. The average Bonchev–Trinajstić information content (AvgIpc) is 2.08. The number of anilines is 1. The molecule has 0 saturated heterocycles. The van der Waals surface area contributed by atoms with Crippen LogP contribution in [0, 0.1) is 9.49 Å². The molecule has 0 aliphatic rings. The first kappa shape index (κ1) is 11.8. The Morgan fingerprint density at radius 1 is 1.29 bits per heavy atom. The fourth-order valence-electron chi connectivity index (χ4n) is 1.69. The lowest BCUT2D eigenvalue weighted by Crippen LogP contribution is -2.00. The lowest BCUT2D eigenvalue weighted by Gasteiger charge is -2.15. The molecule has 0 amide bonds. The van der Waals surface area contributed by atoms with Gasteiger partial charge in [0, 0.05) is 9.26 Å². The number of rotatable bonds is 3. The minimum absolute atomic E-state index is 0.629. The molecule has 14 heavy (non-hydrogen) atoms. The molecule has 1 nitrogen and oxygen atoms in total. The molecule has 0 bridgehead atoms. The van der Waals surface area contributed by atoms with Crippen LogP contribution in [-0.2, 0) is 0 Å². The van der Waals surface area contributed by atoms with E-state index in [9.17, 15) is 0 Å². The van der Waals surface area contributed by atoms with Crippen LogP contribution in [0.4, 0.5) is 5.69 Å². The zero-order valence-corrected chi connectivity index (χ0v) is 11.2. The molecule has 2 heteroatoms. The Morgan fingerprint density at radius 2 is 1.93 bits per heavy atom. The van der Waals surface area contributed by atoms with Gasteiger partial charge in [0.15, 0.2) is 0 Å². The number of halogens is 1. The third kappa shape index (κ3) is 3.15. The number of nitrogen functional groups attached to an aromatic ring is 1. The second kappa shape index (κ2) is 5.01. The van der Waals surface area contributed by atoms with Crippen LogP contribution in [0.5, 0.6) is 0 Å². The second-order valence-corrected chi connectivity index (χ2v) is 5.47. The number of hydrogen-bond donors (Lipinski definition) is 1. The van der Waals surface area contributed by atoms with Crippen LogP contribution in [-0.4, -0.2) is 0 Å². The Labute approximate surface area is 100 Å². The first-order valence-corrected chi connectivity index (χ1v) is 6.13. The number of hydrogen-bond acceptors (Lipinski definition) is 1. The molecule has 0 aliphatic carbocycles. The van der Waals surface area contributed by atoms with Gasteiger partial charge in [-0.15, -0.1) is 0 Å². The van der Waals surface area contributed by atoms with Crippen LogP contribution in [0.2, 0.25) is 0 Å². The molecular weight excluding hydrogens is 285 g/mol. The molecule has 0 saturated carbocycles. The van der Waals surface area contributed by atoms with E-state index in [1.165, 1.54) is 12.0 Å². The monoisotopic (exact) mass is 303 g/mol. The largest absolute Gasteiger partial charge is 0.398 e. The van der Waals surface area contributed by atoms with Crippen molar-refractivity contribution in [1.29, 1.82) is 0 Å². The van der Waals surface area contributed by atoms with E-state index in [0.717, 1.165) is 15.2 Å². The molecule has 2 N–H and O–H groups in total. The Balaban J connectivity index is 2.80. The van der Waals surface area contributed by atoms with Gasteiger partial charge in [-0.25, -0.2) is 0 Å². The van der Waals surface area contributed by atoms with Crippen molar-refractivity contribution in [1.82, 2.24) is 0 Å². The van der Waals surface area contributed by atoms with Crippen molar-refractivity contribution in [2.75, 3.05) is 5.73 Å². The van der Waals surface area contributed by atoms with E-state index >= 15 is 0 Å². The van der Waals surface area contributed by atoms with Crippen molar-refractivity contribution >= 4 is 28.3 Å². The molecule has 1 aromatic rings. The highest BCUT2D eigenvalue weighted by Crippen LogP contribution is 2.26. The molecule has 1 atom stereocenters. The minimum Gasteiger partial charge on any atom is -0.398 e. The van der Waals surface area contributed by atoms with E-state index in [2.05, 4.69) is 55.5 Å². The second-order valence-electron chi connectivity index (χ2n) is 4.31. The normalized spacial score (nSPS) is 13.2. The smallest absolute Gasteiger partial charge is 0.0449 e. The first-order valence-electron chi connectivity index (χ1n) is 5.05. The van der Waals surface area contributed by atoms with Crippen LogP contribution in [0.3, 0.4) is 0 Å². The van der Waals surface area contributed by atoms with Crippen LogP contribution in [0.1, 0.15) is 38.7 Å². The molecule has 0 aromatic heterocycles. The van der Waals surface area contributed by atoms with Gasteiger partial charge in [-0.1, -0.05) is 26.8 Å². The zero-order chi connectivity index (χ0) is 10.7. The Bertz CT molecular complexity index is 307. The molecule has 78 valence electrons. The summed E-state index contributed by atoms with van der Waals surface area (Å²) >= 11 is 2.29. The highest BCUT2D eigenvalue weighted by molar-refractivity contribution is 14.1. The van der Waals surface area contributed by atoms with Gasteiger partial charge in [0.1, 0.15) is 0 Å². The van der Waals surface area contributed by atoms with Gasteiger partial charge >= 0.3 is 0 Å². The average molecular weight is 303 g/mol. The highest BCUT2D eigenvalue weighted by Gasteiger charge is 2.08. The maximum absolute atomic E-state index is 5.78. The highest BCUT2D eigenvalue weighted by atomic mass is 127. The van der Waals surface area contributed by atoms with Gasteiger partial charge in [-0.2, -0.15) is 0 Å². The summed E-state index contributed by atoms with van der Waals surface area (Å²) in [6.45, 7) is 6.80. The lowest BCUT2D eigenvalue weighted by molar-refractivity contribution is 0.523. The zero-order valence-electron chi connectivity index (χ0n) is 9.05. The van der Waals surface area contributed by atoms with Gasteiger partial charge in [-0.3, -0.25) is 0 Å². The molecule has 0 aliphatic heterocycles. The standard InChI is InChI=1S/C12H18IN/c1-8(2)6-9(3)10-4-5-12(14)11(13)7-10/h4-5,7-9H,6,14H2,1-3H3. The van der Waals surface area contributed by atoms with Crippen LogP contribution < -0.4 is 5.73 Å². The van der Waals surface area contributed by atoms with Gasteiger partial charge in [-0.05, 0) is 58.5 Å². The molecule has 0 spiro atoms. The quantitative estimate of drug-likeness (QED) is 0.662. The van der Waals surface area contributed by atoms with E-state index < -0.39 is 0 Å². The molecule has 1 rings (SSSR count). The summed E-state index contributed by atoms with van der Waals surface area (Å²) < 4.78 is 1.16. The van der Waals surface area contributed by atoms with Gasteiger partial charge < -0.3 is 5.73 Å². The summed E-state index contributed by atoms with van der Waals surface area (Å²) in [5, 5.41) is 0. The molecular formula is C12H18IN. The summed E-state index contributed by atoms with van der Waals surface area (Å²) in [5.41, 5.74) is 8.06. The summed E-state index contributed by atoms with van der Waals surface area (Å²) in [4.78, 5) is 0. The first-order chi connectivity index (χ1) is 6.50. The lowest BCUT2D eigenvalue weighted by atomic mass is 9.92. The number of nitrogens with two attached hydrogens (primary N) is 1. The van der Waals surface area contributed by atoms with Crippen molar-refractivity contribution in [2.45, 2.75) is 33.1 Å². The number of benzene rings is 1. The summed E-state index contributed by atoms with van der Waals surface area (Å²) in [6.07, 6.45) is 1.24. The topological polar surface area (TPSA) is 26.0 Å². The minimum atomic E-state index is 0.629. The van der Waals surface area contributed by atoms with E-state index in [0.29, 0.717) is 5.92 Å².